The number of carboxylic acid groups (broad SMARTS) is 1. The summed E-state index contributed by atoms with van der Waals surface area (Å²) in [5, 5.41) is 14.4. The van der Waals surface area contributed by atoms with E-state index in [-0.39, 0.29) is 15.9 Å². The van der Waals surface area contributed by atoms with Crippen LogP contribution in [0, 0.1) is 0 Å². The maximum absolute atomic E-state index is 11.5. The van der Waals surface area contributed by atoms with E-state index >= 15 is 0 Å². The van der Waals surface area contributed by atoms with Crippen LogP contribution in [0.2, 0.25) is 0 Å². The Bertz CT molecular complexity index is 847. The Morgan fingerprint density at radius 3 is 2.04 bits per heavy atom. The number of nitrogens with two attached hydrogens (primary N) is 1. The van der Waals surface area contributed by atoms with Gasteiger partial charge in [-0.3, -0.25) is 0 Å². The second-order valence-corrected chi connectivity index (χ2v) is 7.95. The Hall–Kier alpha value is -2.18. The van der Waals surface area contributed by atoms with Crippen LogP contribution in [0.5, 0.6) is 0 Å². The van der Waals surface area contributed by atoms with Crippen molar-refractivity contribution in [1.29, 1.82) is 0 Å². The normalized spacial score (nSPS) is 12.2. The molecular formula is C17H19NO4S. The lowest BCUT2D eigenvalue weighted by Crippen LogP contribution is -2.13. The fraction of sp³-hybridized carbons (Fsp3) is 0.235. The van der Waals surface area contributed by atoms with Crippen molar-refractivity contribution < 1.29 is 18.3 Å². The first-order valence-corrected chi connectivity index (χ1v) is 8.56. The zero-order chi connectivity index (χ0) is 17.4. The minimum atomic E-state index is -3.95. The van der Waals surface area contributed by atoms with Crippen LogP contribution in [0.4, 0.5) is 0 Å². The standard InChI is InChI=1S/C17H19NO4S/c1-17(2,3)12-6-4-11(5-7-12)14-9-8-13(23(18,21)22)10-15(14)16(19)20/h4-10H,1-3H3,(H,19,20)(H2,18,21,22). The Morgan fingerprint density at radius 2 is 1.61 bits per heavy atom. The van der Waals surface area contributed by atoms with E-state index in [2.05, 4.69) is 20.8 Å². The first-order chi connectivity index (χ1) is 10.5. The third-order valence-electron chi connectivity index (χ3n) is 3.61. The van der Waals surface area contributed by atoms with Gasteiger partial charge in [-0.2, -0.15) is 0 Å². The summed E-state index contributed by atoms with van der Waals surface area (Å²) >= 11 is 0. The molecule has 0 saturated carbocycles. The maximum Gasteiger partial charge on any atom is 0.336 e. The number of rotatable bonds is 3. The number of aromatic carboxylic acids is 1. The highest BCUT2D eigenvalue weighted by molar-refractivity contribution is 7.89. The number of hydrogen-bond acceptors (Lipinski definition) is 3. The van der Waals surface area contributed by atoms with Gasteiger partial charge in [-0.05, 0) is 34.2 Å². The minimum absolute atomic E-state index is 0.00829. The van der Waals surface area contributed by atoms with Crippen molar-refractivity contribution in [1.82, 2.24) is 0 Å². The first kappa shape index (κ1) is 17.2. The van der Waals surface area contributed by atoms with E-state index in [0.29, 0.717) is 11.1 Å². The van der Waals surface area contributed by atoms with Crippen LogP contribution >= 0.6 is 0 Å². The number of benzene rings is 2. The van der Waals surface area contributed by atoms with Gasteiger partial charge in [0.25, 0.3) is 0 Å². The summed E-state index contributed by atoms with van der Waals surface area (Å²) in [6.45, 7) is 6.27. The fourth-order valence-corrected chi connectivity index (χ4v) is 2.82. The average Bonchev–Trinajstić information content (AvgIpc) is 2.45. The maximum atomic E-state index is 11.5. The van der Waals surface area contributed by atoms with Gasteiger partial charge in [-0.25, -0.2) is 18.4 Å². The van der Waals surface area contributed by atoms with E-state index in [0.717, 1.165) is 11.6 Å². The second kappa shape index (κ2) is 5.79. The highest BCUT2D eigenvalue weighted by atomic mass is 32.2. The molecule has 5 nitrogen and oxygen atoms in total. The number of hydrogen-bond donors (Lipinski definition) is 2. The molecule has 3 N–H and O–H groups in total. The Kier molecular flexibility index (Phi) is 4.32. The molecule has 0 radical (unpaired) electrons. The largest absolute Gasteiger partial charge is 0.478 e. The van der Waals surface area contributed by atoms with Crippen molar-refractivity contribution in [3.63, 3.8) is 0 Å². The van der Waals surface area contributed by atoms with Crippen LogP contribution in [0.15, 0.2) is 47.4 Å². The summed E-state index contributed by atoms with van der Waals surface area (Å²) in [5.41, 5.74) is 2.17. The van der Waals surface area contributed by atoms with Crippen molar-refractivity contribution in [2.24, 2.45) is 5.14 Å². The zero-order valence-electron chi connectivity index (χ0n) is 13.2. The minimum Gasteiger partial charge on any atom is -0.478 e. The van der Waals surface area contributed by atoms with Gasteiger partial charge in [-0.1, -0.05) is 51.1 Å². The zero-order valence-corrected chi connectivity index (χ0v) is 14.0. The molecule has 23 heavy (non-hydrogen) atoms. The van der Waals surface area contributed by atoms with Crippen LogP contribution in [0.1, 0.15) is 36.7 Å². The molecule has 2 rings (SSSR count). The molecule has 0 saturated heterocycles. The van der Waals surface area contributed by atoms with Gasteiger partial charge < -0.3 is 5.11 Å². The van der Waals surface area contributed by atoms with Gasteiger partial charge in [0.2, 0.25) is 10.0 Å². The fourth-order valence-electron chi connectivity index (χ4n) is 2.28. The predicted octanol–water partition coefficient (Wildman–Crippen LogP) is 3.00. The lowest BCUT2D eigenvalue weighted by Gasteiger charge is -2.19. The Morgan fingerprint density at radius 1 is 1.04 bits per heavy atom. The van der Waals surface area contributed by atoms with E-state index in [4.69, 9.17) is 5.14 Å². The summed E-state index contributed by atoms with van der Waals surface area (Å²) < 4.78 is 22.8. The van der Waals surface area contributed by atoms with E-state index < -0.39 is 16.0 Å². The summed E-state index contributed by atoms with van der Waals surface area (Å²) in [4.78, 5) is 11.2. The van der Waals surface area contributed by atoms with E-state index in [1.165, 1.54) is 12.1 Å². The van der Waals surface area contributed by atoms with Crippen molar-refractivity contribution in [3.8, 4) is 11.1 Å². The van der Waals surface area contributed by atoms with Gasteiger partial charge >= 0.3 is 5.97 Å². The summed E-state index contributed by atoms with van der Waals surface area (Å²) in [5.74, 6) is -1.20. The molecule has 122 valence electrons. The number of carboxylic acids is 1. The molecule has 0 heterocycles. The van der Waals surface area contributed by atoms with Crippen LogP contribution < -0.4 is 5.14 Å². The summed E-state index contributed by atoms with van der Waals surface area (Å²) in [6.07, 6.45) is 0. The van der Waals surface area contributed by atoms with E-state index in [1.54, 1.807) is 0 Å². The molecule has 0 fully saturated rings. The smallest absolute Gasteiger partial charge is 0.336 e. The molecule has 0 spiro atoms. The predicted molar refractivity (Wildman–Crippen MR) is 88.9 cm³/mol. The molecule has 6 heteroatoms. The molecular weight excluding hydrogens is 314 g/mol. The SMILES string of the molecule is CC(C)(C)c1ccc(-c2ccc(S(N)(=O)=O)cc2C(=O)O)cc1. The van der Waals surface area contributed by atoms with Crippen LogP contribution in [0.3, 0.4) is 0 Å². The van der Waals surface area contributed by atoms with Crippen molar-refractivity contribution >= 4 is 16.0 Å². The number of sulfonamides is 1. The second-order valence-electron chi connectivity index (χ2n) is 6.38. The van der Waals surface area contributed by atoms with Crippen LogP contribution in [-0.4, -0.2) is 19.5 Å². The third-order valence-corrected chi connectivity index (χ3v) is 4.52. The average molecular weight is 333 g/mol. The van der Waals surface area contributed by atoms with E-state index in [1.807, 2.05) is 24.3 Å². The third kappa shape index (κ3) is 3.78. The molecule has 0 bridgehead atoms. The Labute approximate surface area is 135 Å². The molecule has 0 amide bonds. The van der Waals surface area contributed by atoms with Crippen LogP contribution in [0.25, 0.3) is 11.1 Å². The lowest BCUT2D eigenvalue weighted by molar-refractivity contribution is 0.0697. The van der Waals surface area contributed by atoms with Crippen molar-refractivity contribution in [2.75, 3.05) is 0 Å². The molecule has 0 unspecified atom stereocenters. The monoisotopic (exact) mass is 333 g/mol. The highest BCUT2D eigenvalue weighted by Crippen LogP contribution is 2.29. The Balaban J connectivity index is 2.57. The molecule has 0 aliphatic heterocycles. The number of carbonyl (C=O) groups is 1. The van der Waals surface area contributed by atoms with Gasteiger partial charge in [0.1, 0.15) is 0 Å². The number of primary sulfonamides is 1. The van der Waals surface area contributed by atoms with Crippen LogP contribution in [-0.2, 0) is 15.4 Å². The van der Waals surface area contributed by atoms with Gasteiger partial charge in [0, 0.05) is 0 Å². The van der Waals surface area contributed by atoms with Crippen molar-refractivity contribution in [3.05, 3.63) is 53.6 Å². The van der Waals surface area contributed by atoms with Gasteiger partial charge in [0.15, 0.2) is 0 Å². The molecule has 2 aromatic rings. The quantitative estimate of drug-likeness (QED) is 0.902. The molecule has 0 aliphatic rings. The summed E-state index contributed by atoms with van der Waals surface area (Å²) in [7, 11) is -3.95. The van der Waals surface area contributed by atoms with Gasteiger partial charge in [0.05, 0.1) is 10.5 Å². The molecule has 0 aliphatic carbocycles. The highest BCUT2D eigenvalue weighted by Gasteiger charge is 2.18. The summed E-state index contributed by atoms with van der Waals surface area (Å²) in [6, 6.07) is 11.4. The molecule has 0 aromatic heterocycles. The van der Waals surface area contributed by atoms with Gasteiger partial charge in [-0.15, -0.1) is 0 Å². The first-order valence-electron chi connectivity index (χ1n) is 7.01. The lowest BCUT2D eigenvalue weighted by atomic mass is 9.86. The topological polar surface area (TPSA) is 97.5 Å². The molecule has 0 atom stereocenters. The van der Waals surface area contributed by atoms with E-state index in [9.17, 15) is 18.3 Å². The van der Waals surface area contributed by atoms with Crippen molar-refractivity contribution in [2.45, 2.75) is 31.1 Å². The molecule has 2 aromatic carbocycles.